The van der Waals surface area contributed by atoms with E-state index >= 15 is 0 Å². The van der Waals surface area contributed by atoms with Gasteiger partial charge in [0.2, 0.25) is 10.0 Å². The minimum absolute atomic E-state index is 0.223. The van der Waals surface area contributed by atoms with Gasteiger partial charge in [-0.2, -0.15) is 0 Å². The van der Waals surface area contributed by atoms with Gasteiger partial charge < -0.3 is 4.90 Å². The van der Waals surface area contributed by atoms with Crippen molar-refractivity contribution in [2.45, 2.75) is 25.4 Å². The molecule has 0 bridgehead atoms. The fourth-order valence-corrected chi connectivity index (χ4v) is 3.76. The fourth-order valence-electron chi connectivity index (χ4n) is 2.97. The van der Waals surface area contributed by atoms with E-state index in [1.54, 1.807) is 15.8 Å². The van der Waals surface area contributed by atoms with E-state index in [0.717, 1.165) is 24.7 Å². The number of aromatic nitrogens is 3. The number of carbonyl (C=O) groups is 1. The van der Waals surface area contributed by atoms with E-state index in [0.29, 0.717) is 19.6 Å². The predicted octanol–water partition coefficient (Wildman–Crippen LogP) is 0.480. The van der Waals surface area contributed by atoms with Gasteiger partial charge in [-0.3, -0.25) is 4.79 Å². The van der Waals surface area contributed by atoms with Crippen LogP contribution in [0.25, 0.3) is 0 Å². The molecule has 1 aliphatic heterocycles. The topological polar surface area (TPSA) is 97.2 Å². The smallest absolute Gasteiger partial charge is 0.276 e. The first-order chi connectivity index (χ1) is 11.9. The Hall–Kier alpha value is -2.26. The monoisotopic (exact) mass is 363 g/mol. The van der Waals surface area contributed by atoms with Crippen molar-refractivity contribution in [1.82, 2.24) is 24.6 Å². The first-order valence-corrected chi connectivity index (χ1v) is 10.0. The molecule has 0 spiro atoms. The highest BCUT2D eigenvalue weighted by Crippen LogP contribution is 2.13. The summed E-state index contributed by atoms with van der Waals surface area (Å²) in [7, 11) is -3.29. The Balaban J connectivity index is 1.65. The quantitative estimate of drug-likeness (QED) is 0.833. The molecule has 134 valence electrons. The van der Waals surface area contributed by atoms with E-state index in [9.17, 15) is 13.2 Å². The van der Waals surface area contributed by atoms with E-state index in [1.807, 2.05) is 30.3 Å². The summed E-state index contributed by atoms with van der Waals surface area (Å²) in [6.07, 6.45) is 4.22. The molecule has 9 heteroatoms. The van der Waals surface area contributed by atoms with Gasteiger partial charge in [-0.05, 0) is 18.4 Å². The van der Waals surface area contributed by atoms with Crippen LogP contribution in [0.4, 0.5) is 0 Å². The maximum atomic E-state index is 12.6. The molecule has 1 atom stereocenters. The average molecular weight is 363 g/mol. The molecule has 2 heterocycles. The Bertz CT molecular complexity index is 834. The third-order valence-corrected chi connectivity index (χ3v) is 4.80. The van der Waals surface area contributed by atoms with E-state index in [-0.39, 0.29) is 17.6 Å². The SMILES string of the molecule is CS(=O)(=O)N[C@H]1CCCN(C(=O)c2cn(Cc3ccccc3)nn2)C1. The van der Waals surface area contributed by atoms with Crippen LogP contribution in [0.15, 0.2) is 36.5 Å². The Morgan fingerprint density at radius 2 is 2.08 bits per heavy atom. The van der Waals surface area contributed by atoms with Gasteiger partial charge in [-0.25, -0.2) is 17.8 Å². The number of amides is 1. The second kappa shape index (κ2) is 7.32. The zero-order chi connectivity index (χ0) is 17.9. The van der Waals surface area contributed by atoms with Crippen LogP contribution in [0, 0.1) is 0 Å². The van der Waals surface area contributed by atoms with Gasteiger partial charge in [-0.15, -0.1) is 5.10 Å². The second-order valence-corrected chi connectivity index (χ2v) is 8.05. The van der Waals surface area contributed by atoms with Crippen LogP contribution in [0.2, 0.25) is 0 Å². The molecule has 8 nitrogen and oxygen atoms in total. The standard InChI is InChI=1S/C16H21N5O3S/c1-25(23,24)18-14-8-5-9-20(11-14)16(22)15-12-21(19-17-15)10-13-6-3-2-4-7-13/h2-4,6-7,12,14,18H,5,8-11H2,1H3/t14-/m0/s1. The highest BCUT2D eigenvalue weighted by atomic mass is 32.2. The predicted molar refractivity (Wildman–Crippen MR) is 92.5 cm³/mol. The molecule has 3 rings (SSSR count). The van der Waals surface area contributed by atoms with Crippen LogP contribution in [-0.2, 0) is 16.6 Å². The van der Waals surface area contributed by atoms with Crippen molar-refractivity contribution in [3.63, 3.8) is 0 Å². The Kier molecular flexibility index (Phi) is 5.14. The van der Waals surface area contributed by atoms with Crippen LogP contribution >= 0.6 is 0 Å². The first-order valence-electron chi connectivity index (χ1n) is 8.11. The summed E-state index contributed by atoms with van der Waals surface area (Å²) in [4.78, 5) is 14.2. The minimum Gasteiger partial charge on any atom is -0.336 e. The van der Waals surface area contributed by atoms with Crippen LogP contribution in [0.5, 0.6) is 0 Å². The summed E-state index contributed by atoms with van der Waals surface area (Å²) >= 11 is 0. The van der Waals surface area contributed by atoms with Crippen molar-refractivity contribution < 1.29 is 13.2 Å². The van der Waals surface area contributed by atoms with E-state index in [2.05, 4.69) is 15.0 Å². The third kappa shape index (κ3) is 4.86. The van der Waals surface area contributed by atoms with Crippen molar-refractivity contribution in [1.29, 1.82) is 0 Å². The zero-order valence-electron chi connectivity index (χ0n) is 14.0. The lowest BCUT2D eigenvalue weighted by molar-refractivity contribution is 0.0697. The highest BCUT2D eigenvalue weighted by molar-refractivity contribution is 7.88. The van der Waals surface area contributed by atoms with E-state index in [4.69, 9.17) is 0 Å². The first kappa shape index (κ1) is 17.6. The average Bonchev–Trinajstić information content (AvgIpc) is 3.02. The molecule has 25 heavy (non-hydrogen) atoms. The van der Waals surface area contributed by atoms with Crippen LogP contribution in [0.3, 0.4) is 0 Å². The van der Waals surface area contributed by atoms with Gasteiger partial charge in [0.15, 0.2) is 5.69 Å². The second-order valence-electron chi connectivity index (χ2n) is 6.27. The summed E-state index contributed by atoms with van der Waals surface area (Å²) in [5, 5.41) is 7.98. The third-order valence-electron chi connectivity index (χ3n) is 4.03. The number of rotatable bonds is 5. The fraction of sp³-hybridized carbons (Fsp3) is 0.438. The van der Waals surface area contributed by atoms with Crippen molar-refractivity contribution in [3.05, 3.63) is 47.8 Å². The molecule has 1 fully saturated rings. The lowest BCUT2D eigenvalue weighted by Gasteiger charge is -2.32. The number of hydrogen-bond donors (Lipinski definition) is 1. The molecule has 1 aliphatic rings. The molecule has 1 aromatic heterocycles. The van der Waals surface area contributed by atoms with Crippen molar-refractivity contribution in [3.8, 4) is 0 Å². The highest BCUT2D eigenvalue weighted by Gasteiger charge is 2.27. The van der Waals surface area contributed by atoms with Crippen LogP contribution < -0.4 is 4.72 Å². The number of benzene rings is 1. The molecule has 1 aromatic carbocycles. The molecular weight excluding hydrogens is 342 g/mol. The Morgan fingerprint density at radius 3 is 2.80 bits per heavy atom. The molecule has 0 aliphatic carbocycles. The number of nitrogens with zero attached hydrogens (tertiary/aromatic N) is 4. The maximum Gasteiger partial charge on any atom is 0.276 e. The normalized spacial score (nSPS) is 18.3. The number of hydrogen-bond acceptors (Lipinski definition) is 5. The van der Waals surface area contributed by atoms with Crippen LogP contribution in [-0.4, -0.2) is 59.6 Å². The van der Waals surface area contributed by atoms with Gasteiger partial charge in [0, 0.05) is 19.1 Å². The summed E-state index contributed by atoms with van der Waals surface area (Å²) in [5.74, 6) is -0.223. The number of carbonyl (C=O) groups excluding carboxylic acids is 1. The van der Waals surface area contributed by atoms with Gasteiger partial charge in [-0.1, -0.05) is 35.5 Å². The molecule has 0 radical (unpaired) electrons. The molecule has 0 unspecified atom stereocenters. The van der Waals surface area contributed by atoms with E-state index in [1.165, 1.54) is 0 Å². The molecular formula is C16H21N5O3S. The van der Waals surface area contributed by atoms with Gasteiger partial charge in [0.25, 0.3) is 5.91 Å². The van der Waals surface area contributed by atoms with Gasteiger partial charge >= 0.3 is 0 Å². The summed E-state index contributed by atoms with van der Waals surface area (Å²) < 4.78 is 27.0. The number of likely N-dealkylation sites (tertiary alicyclic amines) is 1. The summed E-state index contributed by atoms with van der Waals surface area (Å²) in [6, 6.07) is 9.54. The largest absolute Gasteiger partial charge is 0.336 e. The molecule has 0 saturated carbocycles. The van der Waals surface area contributed by atoms with E-state index < -0.39 is 10.0 Å². The van der Waals surface area contributed by atoms with Gasteiger partial charge in [0.05, 0.1) is 19.0 Å². The summed E-state index contributed by atoms with van der Waals surface area (Å²) in [6.45, 7) is 1.48. The lowest BCUT2D eigenvalue weighted by Crippen LogP contribution is -2.49. The Morgan fingerprint density at radius 1 is 1.32 bits per heavy atom. The van der Waals surface area contributed by atoms with Crippen LogP contribution in [0.1, 0.15) is 28.9 Å². The number of piperidine rings is 1. The van der Waals surface area contributed by atoms with Crippen molar-refractivity contribution in [2.24, 2.45) is 0 Å². The number of sulfonamides is 1. The Labute approximate surface area is 146 Å². The van der Waals surface area contributed by atoms with Crippen molar-refractivity contribution >= 4 is 15.9 Å². The zero-order valence-corrected chi connectivity index (χ0v) is 14.8. The summed E-state index contributed by atoms with van der Waals surface area (Å²) in [5.41, 5.74) is 1.35. The minimum atomic E-state index is -3.29. The van der Waals surface area contributed by atoms with Crippen molar-refractivity contribution in [2.75, 3.05) is 19.3 Å². The molecule has 1 saturated heterocycles. The molecule has 1 amide bonds. The maximum absolute atomic E-state index is 12.6. The molecule has 2 aromatic rings. The molecule has 1 N–H and O–H groups in total. The van der Waals surface area contributed by atoms with Gasteiger partial charge in [0.1, 0.15) is 0 Å². The number of nitrogens with one attached hydrogen (secondary N) is 1. The lowest BCUT2D eigenvalue weighted by atomic mass is 10.1.